The van der Waals surface area contributed by atoms with Crippen molar-refractivity contribution in [3.8, 4) is 11.3 Å². The lowest BCUT2D eigenvalue weighted by atomic mass is 9.92. The fourth-order valence-corrected chi connectivity index (χ4v) is 4.79. The summed E-state index contributed by atoms with van der Waals surface area (Å²) in [5, 5.41) is 2.91. The fraction of sp³-hybridized carbons (Fsp3) is 0.250. The van der Waals surface area contributed by atoms with Crippen LogP contribution in [-0.4, -0.2) is 0 Å². The molecule has 0 bridgehead atoms. The number of fused-ring (bicyclic) bond motifs is 4. The van der Waals surface area contributed by atoms with E-state index in [4.69, 9.17) is 4.42 Å². The first-order chi connectivity index (χ1) is 15.2. The topological polar surface area (TPSA) is 17.0 Å². The Labute approximate surface area is 186 Å². The van der Waals surface area contributed by atoms with Crippen molar-refractivity contribution in [2.24, 2.45) is 13.0 Å². The van der Waals surface area contributed by atoms with Gasteiger partial charge < -0.3 is 4.42 Å². The van der Waals surface area contributed by atoms with Gasteiger partial charge in [-0.3, -0.25) is 0 Å². The lowest BCUT2D eigenvalue weighted by molar-refractivity contribution is -0.633. The molecule has 5 rings (SSSR count). The van der Waals surface area contributed by atoms with E-state index in [1.54, 1.807) is 12.1 Å². The van der Waals surface area contributed by atoms with Crippen LogP contribution in [0.3, 0.4) is 0 Å². The molecule has 0 spiro atoms. The molecule has 0 aliphatic carbocycles. The highest BCUT2D eigenvalue weighted by Crippen LogP contribution is 2.39. The van der Waals surface area contributed by atoms with Gasteiger partial charge in [0.2, 0.25) is 11.2 Å². The van der Waals surface area contributed by atoms with E-state index in [1.807, 2.05) is 17.7 Å². The van der Waals surface area contributed by atoms with Gasteiger partial charge in [-0.25, -0.2) is 8.78 Å². The van der Waals surface area contributed by atoms with Gasteiger partial charge in [0.05, 0.1) is 5.56 Å². The smallest absolute Gasteiger partial charge is 0.217 e. The maximum atomic E-state index is 14.3. The fourth-order valence-electron chi connectivity index (χ4n) is 4.79. The second kappa shape index (κ2) is 7.40. The first-order valence-corrected chi connectivity index (χ1v) is 11.0. The predicted molar refractivity (Wildman–Crippen MR) is 126 cm³/mol. The minimum atomic E-state index is -0.322. The molecule has 4 heteroatoms. The van der Waals surface area contributed by atoms with Crippen LogP contribution in [0.4, 0.5) is 8.78 Å². The number of aryl methyl sites for hydroxylation is 2. The van der Waals surface area contributed by atoms with Crippen LogP contribution in [-0.2, 0) is 13.5 Å². The van der Waals surface area contributed by atoms with E-state index < -0.39 is 0 Å². The maximum Gasteiger partial charge on any atom is 0.217 e. The van der Waals surface area contributed by atoms with Gasteiger partial charge in [-0.1, -0.05) is 13.8 Å². The Morgan fingerprint density at radius 1 is 0.875 bits per heavy atom. The number of halogens is 2. The van der Waals surface area contributed by atoms with Crippen molar-refractivity contribution in [2.75, 3.05) is 0 Å². The van der Waals surface area contributed by atoms with Gasteiger partial charge in [-0.2, -0.15) is 4.57 Å². The molecule has 0 aliphatic rings. The Bertz CT molecular complexity index is 1530. The van der Waals surface area contributed by atoms with Crippen LogP contribution >= 0.6 is 0 Å². The first-order valence-electron chi connectivity index (χ1n) is 11.0. The Kier molecular flexibility index (Phi) is 4.77. The van der Waals surface area contributed by atoms with Gasteiger partial charge in [0.1, 0.15) is 29.8 Å². The van der Waals surface area contributed by atoms with Crippen molar-refractivity contribution in [2.45, 2.75) is 34.1 Å². The molecular formula is C28H26F2NO+. The SMILES string of the molecule is Cc1cc2c(oc3cc(F)ccc32)c(-c2cc(CC(C)C)c3ccc(F)cc3[n+]2C)c1C. The molecule has 3 aromatic carbocycles. The number of rotatable bonds is 3. The normalized spacial score (nSPS) is 12.0. The van der Waals surface area contributed by atoms with Crippen LogP contribution in [0.5, 0.6) is 0 Å². The summed E-state index contributed by atoms with van der Waals surface area (Å²) in [6, 6.07) is 14.0. The molecule has 5 aromatic rings. The van der Waals surface area contributed by atoms with Crippen molar-refractivity contribution in [1.82, 2.24) is 0 Å². The van der Waals surface area contributed by atoms with Crippen molar-refractivity contribution in [3.05, 3.63) is 76.9 Å². The van der Waals surface area contributed by atoms with Crippen molar-refractivity contribution in [1.29, 1.82) is 0 Å². The molecule has 2 heterocycles. The van der Waals surface area contributed by atoms with E-state index in [0.29, 0.717) is 11.5 Å². The molecule has 0 unspecified atom stereocenters. The van der Waals surface area contributed by atoms with Crippen LogP contribution < -0.4 is 4.57 Å². The molecule has 0 saturated heterocycles. The molecule has 0 amide bonds. The lowest BCUT2D eigenvalue weighted by Crippen LogP contribution is -2.33. The third kappa shape index (κ3) is 3.17. The number of pyridine rings is 1. The van der Waals surface area contributed by atoms with Crippen LogP contribution in [0.15, 0.2) is 52.9 Å². The summed E-state index contributed by atoms with van der Waals surface area (Å²) in [5.41, 5.74) is 7.44. The summed E-state index contributed by atoms with van der Waals surface area (Å²) in [4.78, 5) is 0. The summed E-state index contributed by atoms with van der Waals surface area (Å²) in [5.74, 6) is -0.125. The highest BCUT2D eigenvalue weighted by molar-refractivity contribution is 6.10. The maximum absolute atomic E-state index is 14.3. The molecule has 0 fully saturated rings. The van der Waals surface area contributed by atoms with Crippen molar-refractivity contribution < 1.29 is 17.8 Å². The second-order valence-corrected chi connectivity index (χ2v) is 9.19. The molecule has 0 saturated carbocycles. The number of furan rings is 1. The van der Waals surface area contributed by atoms with Crippen LogP contribution in [0.1, 0.15) is 30.5 Å². The van der Waals surface area contributed by atoms with Gasteiger partial charge in [0, 0.05) is 34.4 Å². The number of benzene rings is 3. The Balaban J connectivity index is 1.93. The van der Waals surface area contributed by atoms with Crippen LogP contribution in [0.25, 0.3) is 44.1 Å². The highest BCUT2D eigenvalue weighted by Gasteiger charge is 2.25. The number of hydrogen-bond acceptors (Lipinski definition) is 1. The summed E-state index contributed by atoms with van der Waals surface area (Å²) in [6.45, 7) is 8.53. The van der Waals surface area contributed by atoms with Crippen molar-refractivity contribution in [3.63, 3.8) is 0 Å². The molecule has 0 radical (unpaired) electrons. The molecule has 0 aliphatic heterocycles. The summed E-state index contributed by atoms with van der Waals surface area (Å²) < 4.78 is 36.4. The van der Waals surface area contributed by atoms with Gasteiger partial charge >= 0.3 is 0 Å². The van der Waals surface area contributed by atoms with Crippen LogP contribution in [0.2, 0.25) is 0 Å². The average Bonchev–Trinajstić information content (AvgIpc) is 3.08. The minimum absolute atomic E-state index is 0.258. The quantitative estimate of drug-likeness (QED) is 0.274. The Morgan fingerprint density at radius 3 is 2.28 bits per heavy atom. The van der Waals surface area contributed by atoms with Crippen molar-refractivity contribution >= 4 is 32.8 Å². The first kappa shape index (κ1) is 20.6. The van der Waals surface area contributed by atoms with E-state index >= 15 is 0 Å². The second-order valence-electron chi connectivity index (χ2n) is 9.19. The summed E-state index contributed by atoms with van der Waals surface area (Å²) in [6.07, 6.45) is 0.884. The van der Waals surface area contributed by atoms with E-state index in [0.717, 1.165) is 56.1 Å². The predicted octanol–water partition coefficient (Wildman–Crippen LogP) is 7.32. The monoisotopic (exact) mass is 430 g/mol. The standard InChI is InChI=1S/C28H26F2NO/c1-15(2)10-18-12-25(31(5)24-13-19(29)6-8-21(18)24)27-17(4)16(3)11-23-22-9-7-20(30)14-26(22)32-28(23)27/h6-9,11-15H,10H2,1-5H3/q+1. The molecule has 0 N–H and O–H groups in total. The molecule has 2 nitrogen and oxygen atoms in total. The molecule has 2 aromatic heterocycles. The molecule has 32 heavy (non-hydrogen) atoms. The number of aromatic nitrogens is 1. The largest absolute Gasteiger partial charge is 0.455 e. The number of nitrogens with zero attached hydrogens (tertiary/aromatic N) is 1. The van der Waals surface area contributed by atoms with E-state index in [1.165, 1.54) is 23.8 Å². The van der Waals surface area contributed by atoms with E-state index in [2.05, 4.69) is 39.8 Å². The van der Waals surface area contributed by atoms with Gasteiger partial charge in [-0.15, -0.1) is 0 Å². The molecule has 0 atom stereocenters. The third-order valence-corrected chi connectivity index (χ3v) is 6.47. The summed E-state index contributed by atoms with van der Waals surface area (Å²) >= 11 is 0. The van der Waals surface area contributed by atoms with Gasteiger partial charge in [0.15, 0.2) is 0 Å². The number of hydrogen-bond donors (Lipinski definition) is 0. The lowest BCUT2D eigenvalue weighted by Gasteiger charge is -2.14. The van der Waals surface area contributed by atoms with Gasteiger partial charge in [-0.05, 0) is 73.2 Å². The zero-order chi connectivity index (χ0) is 22.7. The Morgan fingerprint density at radius 2 is 1.56 bits per heavy atom. The Hall–Kier alpha value is -3.27. The molecule has 162 valence electrons. The highest BCUT2D eigenvalue weighted by atomic mass is 19.1. The van der Waals surface area contributed by atoms with E-state index in [9.17, 15) is 8.78 Å². The molecular weight excluding hydrogens is 404 g/mol. The summed E-state index contributed by atoms with van der Waals surface area (Å²) in [7, 11) is 1.96. The third-order valence-electron chi connectivity index (χ3n) is 6.47. The van der Waals surface area contributed by atoms with E-state index in [-0.39, 0.29) is 11.6 Å². The van der Waals surface area contributed by atoms with Crippen LogP contribution in [0, 0.1) is 31.4 Å². The zero-order valence-electron chi connectivity index (χ0n) is 19.0. The minimum Gasteiger partial charge on any atom is -0.455 e. The zero-order valence-corrected chi connectivity index (χ0v) is 19.0. The van der Waals surface area contributed by atoms with Gasteiger partial charge in [0.25, 0.3) is 0 Å². The average molecular weight is 431 g/mol.